The van der Waals surface area contributed by atoms with Crippen LogP contribution >= 0.6 is 0 Å². The number of hydrogen-bond donors (Lipinski definition) is 1. The molecule has 0 saturated carbocycles. The van der Waals surface area contributed by atoms with E-state index in [2.05, 4.69) is 10.1 Å². The molecule has 0 radical (unpaired) electrons. The topological polar surface area (TPSA) is 68.6 Å². The SMILES string of the molecule is CCOc1ccccc1N=C(C)c1c(C)[nH]n(-c2ccc(OC)cc2)c1=O. The highest BCUT2D eigenvalue weighted by atomic mass is 16.5. The van der Waals surface area contributed by atoms with Crippen molar-refractivity contribution < 1.29 is 9.47 Å². The van der Waals surface area contributed by atoms with E-state index < -0.39 is 0 Å². The lowest BCUT2D eigenvalue weighted by molar-refractivity contribution is 0.341. The molecular weight excluding hydrogens is 342 g/mol. The quantitative estimate of drug-likeness (QED) is 0.671. The van der Waals surface area contributed by atoms with E-state index in [0.717, 1.165) is 17.1 Å². The second-order valence-electron chi connectivity index (χ2n) is 6.05. The molecule has 0 aliphatic rings. The maximum absolute atomic E-state index is 13.0. The zero-order valence-corrected chi connectivity index (χ0v) is 15.9. The van der Waals surface area contributed by atoms with Gasteiger partial charge in [-0.05, 0) is 57.2 Å². The van der Waals surface area contributed by atoms with Crippen molar-refractivity contribution in [1.82, 2.24) is 9.78 Å². The number of para-hydroxylation sites is 2. The molecule has 1 N–H and O–H groups in total. The number of nitrogens with zero attached hydrogens (tertiary/aromatic N) is 2. The Hall–Kier alpha value is -3.28. The van der Waals surface area contributed by atoms with Gasteiger partial charge in [0.2, 0.25) is 0 Å². The van der Waals surface area contributed by atoms with E-state index in [-0.39, 0.29) is 5.56 Å². The molecule has 2 aromatic carbocycles. The molecule has 0 aliphatic heterocycles. The number of aromatic nitrogens is 2. The molecule has 0 unspecified atom stereocenters. The first-order valence-electron chi connectivity index (χ1n) is 8.78. The minimum atomic E-state index is -0.146. The van der Waals surface area contributed by atoms with E-state index in [1.807, 2.05) is 69.3 Å². The molecule has 0 saturated heterocycles. The number of aromatic amines is 1. The van der Waals surface area contributed by atoms with Crippen LogP contribution < -0.4 is 15.0 Å². The smallest absolute Gasteiger partial charge is 0.280 e. The summed E-state index contributed by atoms with van der Waals surface area (Å²) in [6, 6.07) is 14.8. The van der Waals surface area contributed by atoms with Crippen LogP contribution in [0.25, 0.3) is 5.69 Å². The van der Waals surface area contributed by atoms with Crippen molar-refractivity contribution in [3.8, 4) is 17.2 Å². The minimum absolute atomic E-state index is 0.146. The zero-order chi connectivity index (χ0) is 19.4. The van der Waals surface area contributed by atoms with E-state index in [4.69, 9.17) is 9.47 Å². The predicted molar refractivity (Wildman–Crippen MR) is 107 cm³/mol. The van der Waals surface area contributed by atoms with E-state index in [9.17, 15) is 4.79 Å². The number of methoxy groups -OCH3 is 1. The zero-order valence-electron chi connectivity index (χ0n) is 15.9. The highest BCUT2D eigenvalue weighted by Gasteiger charge is 2.15. The van der Waals surface area contributed by atoms with Gasteiger partial charge >= 0.3 is 0 Å². The van der Waals surface area contributed by atoms with Gasteiger partial charge in [-0.2, -0.15) is 0 Å². The summed E-state index contributed by atoms with van der Waals surface area (Å²) in [6.45, 7) is 6.18. The first kappa shape index (κ1) is 18.5. The Morgan fingerprint density at radius 3 is 2.52 bits per heavy atom. The standard InChI is InChI=1S/C21H23N3O3/c1-5-27-19-9-7-6-8-18(19)22-14(2)20-15(3)23-24(21(20)25)16-10-12-17(26-4)13-11-16/h6-13,23H,5H2,1-4H3. The summed E-state index contributed by atoms with van der Waals surface area (Å²) >= 11 is 0. The van der Waals surface area contributed by atoms with Gasteiger partial charge in [0.25, 0.3) is 5.56 Å². The number of benzene rings is 2. The van der Waals surface area contributed by atoms with E-state index in [0.29, 0.717) is 29.3 Å². The molecule has 1 aromatic heterocycles. The minimum Gasteiger partial charge on any atom is -0.497 e. The fraction of sp³-hybridized carbons (Fsp3) is 0.238. The summed E-state index contributed by atoms with van der Waals surface area (Å²) in [7, 11) is 1.61. The lowest BCUT2D eigenvalue weighted by Gasteiger charge is -2.07. The molecule has 0 atom stereocenters. The monoisotopic (exact) mass is 365 g/mol. The number of aryl methyl sites for hydroxylation is 1. The Morgan fingerprint density at radius 1 is 1.15 bits per heavy atom. The van der Waals surface area contributed by atoms with E-state index >= 15 is 0 Å². The van der Waals surface area contributed by atoms with Crippen LogP contribution in [-0.2, 0) is 0 Å². The van der Waals surface area contributed by atoms with Gasteiger partial charge in [0.15, 0.2) is 0 Å². The summed E-state index contributed by atoms with van der Waals surface area (Å²) in [6.07, 6.45) is 0. The van der Waals surface area contributed by atoms with Crippen molar-refractivity contribution in [2.75, 3.05) is 13.7 Å². The Bertz CT molecular complexity index is 1010. The molecule has 0 bridgehead atoms. The lowest BCUT2D eigenvalue weighted by atomic mass is 10.1. The van der Waals surface area contributed by atoms with Gasteiger partial charge in [-0.1, -0.05) is 12.1 Å². The third-order valence-electron chi connectivity index (χ3n) is 4.22. The van der Waals surface area contributed by atoms with Crippen molar-refractivity contribution in [2.45, 2.75) is 20.8 Å². The van der Waals surface area contributed by atoms with Crippen molar-refractivity contribution in [3.63, 3.8) is 0 Å². The van der Waals surface area contributed by atoms with Crippen LogP contribution in [0.1, 0.15) is 25.1 Å². The number of hydrogen-bond acceptors (Lipinski definition) is 4. The molecule has 6 heteroatoms. The molecular formula is C21H23N3O3. The van der Waals surface area contributed by atoms with Crippen LogP contribution in [0.4, 0.5) is 5.69 Å². The first-order chi connectivity index (χ1) is 13.0. The van der Waals surface area contributed by atoms with Gasteiger partial charge in [-0.15, -0.1) is 0 Å². The van der Waals surface area contributed by atoms with Gasteiger partial charge in [0, 0.05) is 5.69 Å². The number of nitrogens with one attached hydrogen (secondary N) is 1. The Balaban J connectivity index is 2.02. The molecule has 140 valence electrons. The molecule has 3 rings (SSSR count). The molecule has 0 fully saturated rings. The maximum Gasteiger partial charge on any atom is 0.280 e. The summed E-state index contributed by atoms with van der Waals surface area (Å²) in [4.78, 5) is 17.6. The third kappa shape index (κ3) is 3.79. The van der Waals surface area contributed by atoms with Gasteiger partial charge in [-0.3, -0.25) is 9.89 Å². The highest BCUT2D eigenvalue weighted by molar-refractivity contribution is 6.01. The van der Waals surface area contributed by atoms with Gasteiger partial charge < -0.3 is 9.47 Å². The van der Waals surface area contributed by atoms with Crippen LogP contribution in [0.5, 0.6) is 11.5 Å². The Kier molecular flexibility index (Phi) is 5.45. The van der Waals surface area contributed by atoms with Crippen molar-refractivity contribution in [1.29, 1.82) is 0 Å². The Labute approximate surface area is 158 Å². The van der Waals surface area contributed by atoms with Crippen LogP contribution in [-0.4, -0.2) is 29.2 Å². The van der Waals surface area contributed by atoms with Crippen LogP contribution in [0.2, 0.25) is 0 Å². The molecule has 6 nitrogen and oxygen atoms in total. The molecule has 27 heavy (non-hydrogen) atoms. The predicted octanol–water partition coefficient (Wildman–Crippen LogP) is 4.02. The van der Waals surface area contributed by atoms with E-state index in [1.54, 1.807) is 7.11 Å². The summed E-state index contributed by atoms with van der Waals surface area (Å²) in [5.74, 6) is 1.43. The molecule has 0 spiro atoms. The molecule has 0 aliphatic carbocycles. The van der Waals surface area contributed by atoms with Crippen molar-refractivity contribution >= 4 is 11.4 Å². The average molecular weight is 365 g/mol. The Morgan fingerprint density at radius 2 is 1.85 bits per heavy atom. The van der Waals surface area contributed by atoms with E-state index in [1.165, 1.54) is 4.68 Å². The average Bonchev–Trinajstić information content (AvgIpc) is 2.98. The van der Waals surface area contributed by atoms with Crippen molar-refractivity contribution in [2.24, 2.45) is 4.99 Å². The van der Waals surface area contributed by atoms with Gasteiger partial charge in [-0.25, -0.2) is 9.67 Å². The van der Waals surface area contributed by atoms with Crippen LogP contribution in [0.3, 0.4) is 0 Å². The second-order valence-corrected chi connectivity index (χ2v) is 6.05. The van der Waals surface area contributed by atoms with Crippen LogP contribution in [0, 0.1) is 6.92 Å². The maximum atomic E-state index is 13.0. The third-order valence-corrected chi connectivity index (χ3v) is 4.22. The first-order valence-corrected chi connectivity index (χ1v) is 8.78. The number of H-pyrrole nitrogens is 1. The number of aliphatic imine (C=N–C) groups is 1. The molecule has 0 amide bonds. The van der Waals surface area contributed by atoms with Crippen LogP contribution in [0.15, 0.2) is 58.3 Å². The highest BCUT2D eigenvalue weighted by Crippen LogP contribution is 2.27. The fourth-order valence-electron chi connectivity index (χ4n) is 2.95. The fourth-order valence-corrected chi connectivity index (χ4v) is 2.95. The van der Waals surface area contributed by atoms with Gasteiger partial charge in [0.05, 0.1) is 30.7 Å². The summed E-state index contributed by atoms with van der Waals surface area (Å²) in [5, 5.41) is 3.12. The summed E-state index contributed by atoms with van der Waals surface area (Å²) < 4.78 is 12.3. The van der Waals surface area contributed by atoms with Crippen molar-refractivity contribution in [3.05, 3.63) is 70.1 Å². The summed E-state index contributed by atoms with van der Waals surface area (Å²) in [5.41, 5.74) is 3.23. The second kappa shape index (κ2) is 7.95. The van der Waals surface area contributed by atoms with Gasteiger partial charge in [0.1, 0.15) is 17.2 Å². The lowest BCUT2D eigenvalue weighted by Crippen LogP contribution is -2.19. The molecule has 1 heterocycles. The normalized spacial score (nSPS) is 11.5. The number of rotatable bonds is 6. The number of ether oxygens (including phenoxy) is 2. The molecule has 3 aromatic rings. The largest absolute Gasteiger partial charge is 0.497 e.